The second kappa shape index (κ2) is 5.46. The molecule has 1 rings (SSSR count). The first kappa shape index (κ1) is 13.9. The molecular formula is C15H22O2. The second-order valence-electron chi connectivity index (χ2n) is 5.43. The van der Waals surface area contributed by atoms with Crippen molar-refractivity contribution in [3.63, 3.8) is 0 Å². The first-order chi connectivity index (χ1) is 7.86. The molecule has 0 aliphatic carbocycles. The molecule has 0 heterocycles. The molecular weight excluding hydrogens is 212 g/mol. The predicted octanol–water partition coefficient (Wildman–Crippen LogP) is 3.63. The van der Waals surface area contributed by atoms with Crippen LogP contribution in [0.3, 0.4) is 0 Å². The molecule has 0 spiro atoms. The number of ether oxygens (including phenoxy) is 1. The summed E-state index contributed by atoms with van der Waals surface area (Å²) in [5.74, 6) is 0.0688. The van der Waals surface area contributed by atoms with E-state index in [2.05, 4.69) is 0 Å². The van der Waals surface area contributed by atoms with Gasteiger partial charge < -0.3 is 4.74 Å². The Morgan fingerprint density at radius 3 is 2.18 bits per heavy atom. The Kier molecular flexibility index (Phi) is 4.47. The van der Waals surface area contributed by atoms with Gasteiger partial charge in [0.1, 0.15) is 6.10 Å². The molecule has 0 saturated carbocycles. The van der Waals surface area contributed by atoms with Crippen LogP contribution in [-0.2, 0) is 4.74 Å². The molecule has 0 aliphatic heterocycles. The number of benzene rings is 1. The van der Waals surface area contributed by atoms with Crippen LogP contribution in [0.25, 0.3) is 0 Å². The number of aryl methyl sites for hydroxylation is 1. The zero-order chi connectivity index (χ0) is 13.1. The zero-order valence-electron chi connectivity index (χ0n) is 11.4. The molecule has 17 heavy (non-hydrogen) atoms. The molecule has 94 valence electrons. The topological polar surface area (TPSA) is 26.3 Å². The van der Waals surface area contributed by atoms with Crippen molar-refractivity contribution >= 4 is 5.78 Å². The molecule has 0 radical (unpaired) electrons. The summed E-state index contributed by atoms with van der Waals surface area (Å²) in [6.45, 7) is 10.6. The van der Waals surface area contributed by atoms with Crippen LogP contribution in [0.2, 0.25) is 0 Å². The van der Waals surface area contributed by atoms with Crippen LogP contribution in [0, 0.1) is 12.3 Å². The third-order valence-electron chi connectivity index (χ3n) is 2.69. The molecule has 0 saturated heterocycles. The first-order valence-corrected chi connectivity index (χ1v) is 6.08. The molecule has 2 heteroatoms. The first-order valence-electron chi connectivity index (χ1n) is 6.08. The molecule has 1 aromatic carbocycles. The molecule has 0 bridgehead atoms. The highest BCUT2D eigenvalue weighted by atomic mass is 16.5. The Labute approximate surface area is 104 Å². The molecule has 0 aromatic heterocycles. The van der Waals surface area contributed by atoms with Crippen molar-refractivity contribution in [2.45, 2.75) is 40.7 Å². The van der Waals surface area contributed by atoms with Crippen LogP contribution in [0.4, 0.5) is 0 Å². The van der Waals surface area contributed by atoms with Crippen molar-refractivity contribution in [2.24, 2.45) is 5.41 Å². The van der Waals surface area contributed by atoms with E-state index in [1.807, 2.05) is 58.9 Å². The third kappa shape index (κ3) is 3.67. The van der Waals surface area contributed by atoms with Crippen molar-refractivity contribution in [3.8, 4) is 0 Å². The van der Waals surface area contributed by atoms with E-state index in [-0.39, 0.29) is 17.3 Å². The van der Waals surface area contributed by atoms with Gasteiger partial charge in [-0.15, -0.1) is 0 Å². The number of rotatable bonds is 4. The van der Waals surface area contributed by atoms with E-state index in [4.69, 9.17) is 4.74 Å². The quantitative estimate of drug-likeness (QED) is 0.744. The van der Waals surface area contributed by atoms with Gasteiger partial charge in [-0.1, -0.05) is 50.6 Å². The average Bonchev–Trinajstić information content (AvgIpc) is 2.24. The summed E-state index contributed by atoms with van der Waals surface area (Å²) in [7, 11) is 0. The lowest BCUT2D eigenvalue weighted by atomic mass is 9.84. The van der Waals surface area contributed by atoms with Crippen molar-refractivity contribution in [1.82, 2.24) is 0 Å². The van der Waals surface area contributed by atoms with Crippen LogP contribution >= 0.6 is 0 Å². The summed E-state index contributed by atoms with van der Waals surface area (Å²) in [5, 5.41) is 0. The maximum absolute atomic E-state index is 12.4. The second-order valence-corrected chi connectivity index (χ2v) is 5.43. The van der Waals surface area contributed by atoms with Gasteiger partial charge >= 0.3 is 0 Å². The van der Waals surface area contributed by atoms with Gasteiger partial charge in [-0.3, -0.25) is 4.79 Å². The van der Waals surface area contributed by atoms with Gasteiger partial charge in [0.15, 0.2) is 5.78 Å². The molecule has 0 amide bonds. The highest BCUT2D eigenvalue weighted by molar-refractivity contribution is 6.00. The molecule has 1 unspecified atom stereocenters. The highest BCUT2D eigenvalue weighted by Crippen LogP contribution is 2.25. The van der Waals surface area contributed by atoms with Crippen molar-refractivity contribution in [2.75, 3.05) is 6.61 Å². The van der Waals surface area contributed by atoms with E-state index in [0.717, 1.165) is 11.1 Å². The Morgan fingerprint density at radius 2 is 1.76 bits per heavy atom. The van der Waals surface area contributed by atoms with E-state index in [0.29, 0.717) is 6.61 Å². The van der Waals surface area contributed by atoms with Crippen molar-refractivity contribution in [1.29, 1.82) is 0 Å². The fraction of sp³-hybridized carbons (Fsp3) is 0.533. The number of ketones is 1. The minimum absolute atomic E-state index is 0.0688. The van der Waals surface area contributed by atoms with Crippen molar-refractivity contribution in [3.05, 3.63) is 35.4 Å². The van der Waals surface area contributed by atoms with E-state index in [1.54, 1.807) is 0 Å². The fourth-order valence-electron chi connectivity index (χ4n) is 1.75. The lowest BCUT2D eigenvalue weighted by molar-refractivity contribution is -0.000219. The molecule has 0 N–H and O–H groups in total. The van der Waals surface area contributed by atoms with E-state index < -0.39 is 0 Å². The van der Waals surface area contributed by atoms with E-state index in [9.17, 15) is 4.79 Å². The number of carbonyl (C=O) groups is 1. The summed E-state index contributed by atoms with van der Waals surface area (Å²) in [6, 6.07) is 7.66. The average molecular weight is 234 g/mol. The monoisotopic (exact) mass is 234 g/mol. The molecule has 0 fully saturated rings. The number of hydrogen-bond acceptors (Lipinski definition) is 2. The van der Waals surface area contributed by atoms with Crippen molar-refractivity contribution < 1.29 is 9.53 Å². The largest absolute Gasteiger partial charge is 0.370 e. The van der Waals surface area contributed by atoms with Gasteiger partial charge in [0.05, 0.1) is 0 Å². The van der Waals surface area contributed by atoms with Gasteiger partial charge in [-0.2, -0.15) is 0 Å². The predicted molar refractivity (Wildman–Crippen MR) is 70.4 cm³/mol. The lowest BCUT2D eigenvalue weighted by Gasteiger charge is -2.29. The maximum Gasteiger partial charge on any atom is 0.192 e. The van der Waals surface area contributed by atoms with Crippen LogP contribution in [0.5, 0.6) is 0 Å². The SMILES string of the molecule is CCOC(C(=O)c1ccc(C)cc1)C(C)(C)C. The maximum atomic E-state index is 12.4. The Morgan fingerprint density at radius 1 is 1.24 bits per heavy atom. The number of hydrogen-bond donors (Lipinski definition) is 0. The summed E-state index contributed by atoms with van der Waals surface area (Å²) >= 11 is 0. The minimum atomic E-state index is -0.379. The minimum Gasteiger partial charge on any atom is -0.370 e. The zero-order valence-corrected chi connectivity index (χ0v) is 11.4. The summed E-state index contributed by atoms with van der Waals surface area (Å²) in [4.78, 5) is 12.4. The summed E-state index contributed by atoms with van der Waals surface area (Å²) in [5.41, 5.74) is 1.70. The van der Waals surface area contributed by atoms with Gasteiger partial charge in [0.2, 0.25) is 0 Å². The third-order valence-corrected chi connectivity index (χ3v) is 2.69. The number of carbonyl (C=O) groups excluding carboxylic acids is 1. The van der Waals surface area contributed by atoms with E-state index >= 15 is 0 Å². The van der Waals surface area contributed by atoms with Crippen LogP contribution in [-0.4, -0.2) is 18.5 Å². The smallest absolute Gasteiger partial charge is 0.192 e. The van der Waals surface area contributed by atoms with Gasteiger partial charge in [-0.05, 0) is 19.3 Å². The normalized spacial score (nSPS) is 13.5. The van der Waals surface area contributed by atoms with Gasteiger partial charge in [0.25, 0.3) is 0 Å². The van der Waals surface area contributed by atoms with Gasteiger partial charge in [0, 0.05) is 12.2 Å². The fourth-order valence-corrected chi connectivity index (χ4v) is 1.75. The number of Topliss-reactive ketones (excluding diaryl/α,β-unsaturated/α-hetero) is 1. The van der Waals surface area contributed by atoms with E-state index in [1.165, 1.54) is 0 Å². The summed E-state index contributed by atoms with van der Waals surface area (Å²) < 4.78 is 5.60. The Balaban J connectivity index is 2.96. The summed E-state index contributed by atoms with van der Waals surface area (Å²) in [6.07, 6.45) is -0.379. The highest BCUT2D eigenvalue weighted by Gasteiger charge is 2.32. The molecule has 0 aliphatic rings. The molecule has 2 nitrogen and oxygen atoms in total. The Bertz CT molecular complexity index is 371. The standard InChI is InChI=1S/C15H22O2/c1-6-17-14(15(3,4)5)13(16)12-9-7-11(2)8-10-12/h7-10,14H,6H2,1-5H3. The van der Waals surface area contributed by atoms with Crippen LogP contribution in [0.15, 0.2) is 24.3 Å². The Hall–Kier alpha value is -1.15. The molecule has 1 aromatic rings. The molecule has 1 atom stereocenters. The van der Waals surface area contributed by atoms with Crippen LogP contribution < -0.4 is 0 Å². The van der Waals surface area contributed by atoms with Crippen LogP contribution in [0.1, 0.15) is 43.6 Å². The van der Waals surface area contributed by atoms with Gasteiger partial charge in [-0.25, -0.2) is 0 Å². The lowest BCUT2D eigenvalue weighted by Crippen LogP contribution is -2.37.